The Bertz CT molecular complexity index is 517. The van der Waals surface area contributed by atoms with E-state index in [1.807, 2.05) is 18.2 Å². The van der Waals surface area contributed by atoms with E-state index >= 15 is 0 Å². The molecule has 2 rings (SSSR count). The molecule has 0 aliphatic carbocycles. The van der Waals surface area contributed by atoms with Crippen LogP contribution in [0, 0.1) is 5.92 Å². The lowest BCUT2D eigenvalue weighted by atomic mass is 9.96. The molecule has 0 fully saturated rings. The number of rotatable bonds is 5. The summed E-state index contributed by atoms with van der Waals surface area (Å²) < 4.78 is 1.15. The van der Waals surface area contributed by atoms with E-state index in [4.69, 9.17) is 5.73 Å². The van der Waals surface area contributed by atoms with Crippen molar-refractivity contribution in [3.05, 3.63) is 18.2 Å². The number of hydrogen-bond acceptors (Lipinski definition) is 4. The first-order chi connectivity index (χ1) is 8.63. The van der Waals surface area contributed by atoms with Crippen LogP contribution in [-0.2, 0) is 0 Å². The molecule has 0 bridgehead atoms. The summed E-state index contributed by atoms with van der Waals surface area (Å²) >= 11 is 1.68. The summed E-state index contributed by atoms with van der Waals surface area (Å²) in [5.74, 6) is 0.696. The topological polar surface area (TPSA) is 50.9 Å². The summed E-state index contributed by atoms with van der Waals surface area (Å²) in [4.78, 5) is 4.60. The molecule has 0 aliphatic heterocycles. The Morgan fingerprint density at radius 2 is 2.06 bits per heavy atom. The number of nitrogens with two attached hydrogens (primary N) is 1. The number of thiazole rings is 1. The number of nitrogens with one attached hydrogen (secondary N) is 1. The summed E-state index contributed by atoms with van der Waals surface area (Å²) in [5.41, 5.74) is 7.60. The molecule has 1 aromatic carbocycles. The Hall–Kier alpha value is -1.29. The molecule has 0 aliphatic rings. The Kier molecular flexibility index (Phi) is 4.07. The van der Waals surface area contributed by atoms with Crippen molar-refractivity contribution in [3.8, 4) is 0 Å². The van der Waals surface area contributed by atoms with Crippen molar-refractivity contribution in [1.82, 2.24) is 4.98 Å². The second-order valence-corrected chi connectivity index (χ2v) is 5.79. The average Bonchev–Trinajstić information content (AvgIpc) is 2.71. The molecule has 2 aromatic rings. The van der Waals surface area contributed by atoms with Crippen LogP contribution >= 0.6 is 11.3 Å². The monoisotopic (exact) mass is 263 g/mol. The number of aromatic nitrogens is 1. The fraction of sp³-hybridized carbons (Fsp3) is 0.500. The molecule has 0 saturated heterocycles. The summed E-state index contributed by atoms with van der Waals surface area (Å²) in [5, 5.41) is 4.51. The zero-order valence-corrected chi connectivity index (χ0v) is 12.1. The maximum atomic E-state index is 5.78. The predicted molar refractivity (Wildman–Crippen MR) is 81.2 cm³/mol. The Labute approximate surface area is 112 Å². The van der Waals surface area contributed by atoms with Gasteiger partial charge in [0, 0.05) is 11.7 Å². The zero-order valence-electron chi connectivity index (χ0n) is 11.2. The van der Waals surface area contributed by atoms with Crippen molar-refractivity contribution in [2.24, 2.45) is 5.92 Å². The summed E-state index contributed by atoms with van der Waals surface area (Å²) in [6, 6.07) is 6.32. The molecule has 0 radical (unpaired) electrons. The molecule has 0 saturated carbocycles. The van der Waals surface area contributed by atoms with Crippen molar-refractivity contribution >= 4 is 32.4 Å². The van der Waals surface area contributed by atoms with Gasteiger partial charge in [-0.3, -0.25) is 0 Å². The van der Waals surface area contributed by atoms with Crippen molar-refractivity contribution in [1.29, 1.82) is 0 Å². The Balaban J connectivity index is 2.16. The van der Waals surface area contributed by atoms with Crippen LogP contribution in [-0.4, -0.2) is 11.0 Å². The molecular formula is C14H21N3S. The SMILES string of the molecule is CCC(CC)C(C)Nc1nc2ccc(N)cc2s1. The lowest BCUT2D eigenvalue weighted by Gasteiger charge is -2.21. The lowest BCUT2D eigenvalue weighted by molar-refractivity contribution is 0.438. The summed E-state index contributed by atoms with van der Waals surface area (Å²) in [7, 11) is 0. The van der Waals surface area contributed by atoms with Gasteiger partial charge in [0.15, 0.2) is 5.13 Å². The molecule has 18 heavy (non-hydrogen) atoms. The lowest BCUT2D eigenvalue weighted by Crippen LogP contribution is -2.24. The number of benzene rings is 1. The number of nitrogens with zero attached hydrogens (tertiary/aromatic N) is 1. The molecule has 1 unspecified atom stereocenters. The van der Waals surface area contributed by atoms with Gasteiger partial charge in [0.2, 0.25) is 0 Å². The zero-order chi connectivity index (χ0) is 13.1. The number of hydrogen-bond donors (Lipinski definition) is 2. The maximum absolute atomic E-state index is 5.78. The van der Waals surface area contributed by atoms with Crippen molar-refractivity contribution in [2.45, 2.75) is 39.7 Å². The van der Waals surface area contributed by atoms with Crippen LogP contribution in [0.25, 0.3) is 10.2 Å². The number of anilines is 2. The minimum atomic E-state index is 0.456. The highest BCUT2D eigenvalue weighted by Gasteiger charge is 2.14. The smallest absolute Gasteiger partial charge is 0.184 e. The molecule has 1 heterocycles. The standard InChI is InChI=1S/C14H21N3S/c1-4-10(5-2)9(3)16-14-17-12-7-6-11(15)8-13(12)18-14/h6-10H,4-5,15H2,1-3H3,(H,16,17). The van der Waals surface area contributed by atoms with Crippen LogP contribution in [0.15, 0.2) is 18.2 Å². The molecule has 0 amide bonds. The van der Waals surface area contributed by atoms with Crippen LogP contribution in [0.2, 0.25) is 0 Å². The highest BCUT2D eigenvalue weighted by atomic mass is 32.1. The Morgan fingerprint density at radius 1 is 1.33 bits per heavy atom. The summed E-state index contributed by atoms with van der Waals surface area (Å²) in [6.45, 7) is 6.72. The quantitative estimate of drug-likeness (QED) is 0.798. The van der Waals surface area contributed by atoms with Gasteiger partial charge in [0.1, 0.15) is 0 Å². The number of nitrogen functional groups attached to an aromatic ring is 1. The largest absolute Gasteiger partial charge is 0.399 e. The van der Waals surface area contributed by atoms with Gasteiger partial charge < -0.3 is 11.1 Å². The maximum Gasteiger partial charge on any atom is 0.184 e. The normalized spacial score (nSPS) is 13.1. The molecule has 0 spiro atoms. The van der Waals surface area contributed by atoms with E-state index in [2.05, 4.69) is 31.1 Å². The van der Waals surface area contributed by atoms with Crippen molar-refractivity contribution < 1.29 is 0 Å². The van der Waals surface area contributed by atoms with E-state index in [-0.39, 0.29) is 0 Å². The van der Waals surface area contributed by atoms with E-state index in [9.17, 15) is 0 Å². The van der Waals surface area contributed by atoms with Gasteiger partial charge in [0.05, 0.1) is 10.2 Å². The van der Waals surface area contributed by atoms with Gasteiger partial charge in [-0.2, -0.15) is 0 Å². The van der Waals surface area contributed by atoms with Crippen LogP contribution < -0.4 is 11.1 Å². The molecule has 98 valence electrons. The van der Waals surface area contributed by atoms with E-state index < -0.39 is 0 Å². The molecule has 1 atom stereocenters. The average molecular weight is 263 g/mol. The van der Waals surface area contributed by atoms with E-state index in [0.29, 0.717) is 12.0 Å². The summed E-state index contributed by atoms with van der Waals surface area (Å²) in [6.07, 6.45) is 2.39. The Morgan fingerprint density at radius 3 is 2.72 bits per heavy atom. The van der Waals surface area contributed by atoms with Crippen LogP contribution in [0.1, 0.15) is 33.6 Å². The van der Waals surface area contributed by atoms with Gasteiger partial charge in [-0.25, -0.2) is 4.98 Å². The molecule has 3 N–H and O–H groups in total. The van der Waals surface area contributed by atoms with Crippen molar-refractivity contribution in [2.75, 3.05) is 11.1 Å². The first-order valence-corrected chi connectivity index (χ1v) is 7.38. The van der Waals surface area contributed by atoms with E-state index in [1.165, 1.54) is 12.8 Å². The third kappa shape index (κ3) is 2.75. The van der Waals surface area contributed by atoms with Crippen LogP contribution in [0.4, 0.5) is 10.8 Å². The first kappa shape index (κ1) is 13.1. The fourth-order valence-corrected chi connectivity index (χ4v) is 3.32. The molecule has 3 nitrogen and oxygen atoms in total. The molecule has 1 aromatic heterocycles. The molecule has 4 heteroatoms. The number of fused-ring (bicyclic) bond motifs is 1. The first-order valence-electron chi connectivity index (χ1n) is 6.56. The van der Waals surface area contributed by atoms with Gasteiger partial charge in [-0.15, -0.1) is 0 Å². The minimum absolute atomic E-state index is 0.456. The van der Waals surface area contributed by atoms with Gasteiger partial charge in [-0.1, -0.05) is 38.0 Å². The van der Waals surface area contributed by atoms with E-state index in [0.717, 1.165) is 21.0 Å². The van der Waals surface area contributed by atoms with Gasteiger partial charge in [-0.05, 0) is 31.0 Å². The van der Waals surface area contributed by atoms with Gasteiger partial charge in [0.25, 0.3) is 0 Å². The van der Waals surface area contributed by atoms with Crippen LogP contribution in [0.3, 0.4) is 0 Å². The molecular weight excluding hydrogens is 242 g/mol. The third-order valence-corrected chi connectivity index (χ3v) is 4.47. The second kappa shape index (κ2) is 5.57. The third-order valence-electron chi connectivity index (χ3n) is 3.52. The fourth-order valence-electron chi connectivity index (χ4n) is 2.31. The van der Waals surface area contributed by atoms with Crippen LogP contribution in [0.5, 0.6) is 0 Å². The predicted octanol–water partition coefficient (Wildman–Crippen LogP) is 4.12. The minimum Gasteiger partial charge on any atom is -0.399 e. The van der Waals surface area contributed by atoms with E-state index in [1.54, 1.807) is 11.3 Å². The van der Waals surface area contributed by atoms with Crippen molar-refractivity contribution in [3.63, 3.8) is 0 Å². The highest BCUT2D eigenvalue weighted by Crippen LogP contribution is 2.29. The van der Waals surface area contributed by atoms with Gasteiger partial charge >= 0.3 is 0 Å². The second-order valence-electron chi connectivity index (χ2n) is 4.76. The highest BCUT2D eigenvalue weighted by molar-refractivity contribution is 7.22.